The Morgan fingerprint density at radius 2 is 1.95 bits per heavy atom. The summed E-state index contributed by atoms with van der Waals surface area (Å²) in [4.78, 5) is 14.9. The Balaban J connectivity index is 1.43. The van der Waals surface area contributed by atoms with Crippen molar-refractivity contribution in [1.29, 1.82) is 0 Å². The number of aromatic nitrogens is 2. The molecule has 2 saturated carbocycles. The fourth-order valence-electron chi connectivity index (χ4n) is 4.12. The molecule has 0 N–H and O–H groups in total. The summed E-state index contributed by atoms with van der Waals surface area (Å²) in [5.74, 6) is 1.91. The average Bonchev–Trinajstić information content (AvgIpc) is 2.97. The van der Waals surface area contributed by atoms with Crippen LogP contribution in [-0.4, -0.2) is 33.7 Å². The Hall–Kier alpha value is -1.32. The molecule has 4 heteroatoms. The number of nitrogens with zero attached hydrogens (tertiary/aromatic N) is 3. The average molecular weight is 287 g/mol. The SMILES string of the molecule is O=C(c1ccnn1C1CCCC1)N1CCC(CC2CC2)C1. The summed E-state index contributed by atoms with van der Waals surface area (Å²) in [6.07, 6.45) is 12.0. The van der Waals surface area contributed by atoms with Gasteiger partial charge < -0.3 is 4.90 Å². The molecule has 3 aliphatic rings. The fourth-order valence-corrected chi connectivity index (χ4v) is 4.12. The molecule has 4 rings (SSSR count). The molecule has 2 heterocycles. The number of carbonyl (C=O) groups is 1. The van der Waals surface area contributed by atoms with Crippen LogP contribution in [-0.2, 0) is 0 Å². The van der Waals surface area contributed by atoms with E-state index in [1.807, 2.05) is 10.7 Å². The lowest BCUT2D eigenvalue weighted by molar-refractivity contribution is 0.0770. The first kappa shape index (κ1) is 13.4. The van der Waals surface area contributed by atoms with E-state index >= 15 is 0 Å². The zero-order valence-corrected chi connectivity index (χ0v) is 12.7. The van der Waals surface area contributed by atoms with Gasteiger partial charge in [0.15, 0.2) is 0 Å². The molecule has 2 aliphatic carbocycles. The summed E-state index contributed by atoms with van der Waals surface area (Å²) >= 11 is 0. The van der Waals surface area contributed by atoms with Crippen LogP contribution >= 0.6 is 0 Å². The highest BCUT2D eigenvalue weighted by atomic mass is 16.2. The van der Waals surface area contributed by atoms with Crippen LogP contribution in [0.25, 0.3) is 0 Å². The smallest absolute Gasteiger partial charge is 0.272 e. The Kier molecular flexibility index (Phi) is 3.48. The highest BCUT2D eigenvalue weighted by Crippen LogP contribution is 2.38. The quantitative estimate of drug-likeness (QED) is 0.852. The molecule has 0 aromatic carbocycles. The van der Waals surface area contributed by atoms with Crippen molar-refractivity contribution in [3.63, 3.8) is 0 Å². The fraction of sp³-hybridized carbons (Fsp3) is 0.765. The molecule has 114 valence electrons. The van der Waals surface area contributed by atoms with Crippen LogP contribution < -0.4 is 0 Å². The van der Waals surface area contributed by atoms with Crippen molar-refractivity contribution in [3.05, 3.63) is 18.0 Å². The standard InChI is InChI=1S/C17H25N3O/c21-17(19-10-8-14(12-19)11-13-5-6-13)16-7-9-18-20(16)15-3-1-2-4-15/h7,9,13-15H,1-6,8,10-12H2. The van der Waals surface area contributed by atoms with E-state index in [9.17, 15) is 4.79 Å². The van der Waals surface area contributed by atoms with Gasteiger partial charge in [0, 0.05) is 19.3 Å². The largest absolute Gasteiger partial charge is 0.337 e. The van der Waals surface area contributed by atoms with Crippen LogP contribution in [0.3, 0.4) is 0 Å². The third kappa shape index (κ3) is 2.72. The molecular formula is C17H25N3O. The Labute approximate surface area is 126 Å². The van der Waals surface area contributed by atoms with Crippen molar-refractivity contribution < 1.29 is 4.79 Å². The molecule has 0 spiro atoms. The predicted molar refractivity (Wildman–Crippen MR) is 81.1 cm³/mol. The van der Waals surface area contributed by atoms with E-state index in [4.69, 9.17) is 0 Å². The first-order valence-electron chi connectivity index (χ1n) is 8.64. The molecule has 1 atom stereocenters. The summed E-state index contributed by atoms with van der Waals surface area (Å²) < 4.78 is 2.00. The van der Waals surface area contributed by atoms with Crippen molar-refractivity contribution in [2.24, 2.45) is 11.8 Å². The van der Waals surface area contributed by atoms with Gasteiger partial charge >= 0.3 is 0 Å². The van der Waals surface area contributed by atoms with Gasteiger partial charge in [-0.1, -0.05) is 25.7 Å². The molecule has 1 saturated heterocycles. The first-order valence-corrected chi connectivity index (χ1v) is 8.64. The van der Waals surface area contributed by atoms with Gasteiger partial charge in [-0.3, -0.25) is 9.48 Å². The van der Waals surface area contributed by atoms with Crippen molar-refractivity contribution in [3.8, 4) is 0 Å². The van der Waals surface area contributed by atoms with Gasteiger partial charge in [-0.2, -0.15) is 5.10 Å². The lowest BCUT2D eigenvalue weighted by atomic mass is 10.0. The van der Waals surface area contributed by atoms with Crippen LogP contribution in [0, 0.1) is 11.8 Å². The zero-order valence-electron chi connectivity index (χ0n) is 12.7. The normalized spacial score (nSPS) is 26.7. The van der Waals surface area contributed by atoms with E-state index in [0.29, 0.717) is 6.04 Å². The van der Waals surface area contributed by atoms with Crippen LogP contribution in [0.2, 0.25) is 0 Å². The zero-order chi connectivity index (χ0) is 14.2. The minimum absolute atomic E-state index is 0.206. The van der Waals surface area contributed by atoms with E-state index in [1.54, 1.807) is 6.20 Å². The maximum absolute atomic E-state index is 12.8. The number of amides is 1. The lowest BCUT2D eigenvalue weighted by Crippen LogP contribution is -2.31. The second-order valence-corrected chi connectivity index (χ2v) is 7.18. The van der Waals surface area contributed by atoms with Gasteiger partial charge in [-0.05, 0) is 43.6 Å². The monoisotopic (exact) mass is 287 g/mol. The number of carbonyl (C=O) groups excluding carboxylic acids is 1. The second-order valence-electron chi connectivity index (χ2n) is 7.18. The lowest BCUT2D eigenvalue weighted by Gasteiger charge is -2.19. The molecule has 4 nitrogen and oxygen atoms in total. The van der Waals surface area contributed by atoms with Crippen LogP contribution in [0.15, 0.2) is 12.3 Å². The molecule has 0 radical (unpaired) electrons. The molecule has 1 aromatic rings. The minimum atomic E-state index is 0.206. The highest BCUT2D eigenvalue weighted by molar-refractivity contribution is 5.92. The second kappa shape index (κ2) is 5.47. The number of likely N-dealkylation sites (tertiary alicyclic amines) is 1. The van der Waals surface area contributed by atoms with Crippen molar-refractivity contribution in [2.75, 3.05) is 13.1 Å². The van der Waals surface area contributed by atoms with Gasteiger partial charge in [-0.25, -0.2) is 0 Å². The maximum atomic E-state index is 12.8. The third-order valence-corrected chi connectivity index (χ3v) is 5.50. The summed E-state index contributed by atoms with van der Waals surface area (Å²) in [5.41, 5.74) is 0.814. The number of hydrogen-bond acceptors (Lipinski definition) is 2. The molecule has 3 fully saturated rings. The van der Waals surface area contributed by atoms with E-state index in [2.05, 4.69) is 10.00 Å². The van der Waals surface area contributed by atoms with Gasteiger partial charge in [0.25, 0.3) is 5.91 Å². The Morgan fingerprint density at radius 1 is 1.14 bits per heavy atom. The summed E-state index contributed by atoms with van der Waals surface area (Å²) in [7, 11) is 0. The van der Waals surface area contributed by atoms with Crippen molar-refractivity contribution in [2.45, 2.75) is 57.4 Å². The van der Waals surface area contributed by atoms with Gasteiger partial charge in [0.1, 0.15) is 5.69 Å². The summed E-state index contributed by atoms with van der Waals surface area (Å²) in [6.45, 7) is 1.90. The molecular weight excluding hydrogens is 262 g/mol. The van der Waals surface area contributed by atoms with E-state index in [1.165, 1.54) is 51.4 Å². The molecule has 1 unspecified atom stereocenters. The van der Waals surface area contributed by atoms with E-state index in [0.717, 1.165) is 30.6 Å². The molecule has 1 aromatic heterocycles. The van der Waals surface area contributed by atoms with Crippen LogP contribution in [0.4, 0.5) is 0 Å². The van der Waals surface area contributed by atoms with E-state index in [-0.39, 0.29) is 5.91 Å². The van der Waals surface area contributed by atoms with Crippen molar-refractivity contribution >= 4 is 5.91 Å². The third-order valence-electron chi connectivity index (χ3n) is 5.50. The Bertz CT molecular complexity index is 514. The number of rotatable bonds is 4. The molecule has 21 heavy (non-hydrogen) atoms. The predicted octanol–water partition coefficient (Wildman–Crippen LogP) is 3.26. The maximum Gasteiger partial charge on any atom is 0.272 e. The molecule has 1 amide bonds. The van der Waals surface area contributed by atoms with Crippen LogP contribution in [0.5, 0.6) is 0 Å². The van der Waals surface area contributed by atoms with Crippen LogP contribution in [0.1, 0.15) is 67.9 Å². The summed E-state index contributed by atoms with van der Waals surface area (Å²) in [5, 5.41) is 4.44. The number of hydrogen-bond donors (Lipinski definition) is 0. The van der Waals surface area contributed by atoms with Crippen molar-refractivity contribution in [1.82, 2.24) is 14.7 Å². The molecule has 1 aliphatic heterocycles. The van der Waals surface area contributed by atoms with Gasteiger partial charge in [-0.15, -0.1) is 0 Å². The Morgan fingerprint density at radius 3 is 2.71 bits per heavy atom. The van der Waals surface area contributed by atoms with Gasteiger partial charge in [0.05, 0.1) is 6.04 Å². The van der Waals surface area contributed by atoms with E-state index < -0.39 is 0 Å². The first-order chi connectivity index (χ1) is 10.3. The summed E-state index contributed by atoms with van der Waals surface area (Å²) in [6, 6.07) is 2.36. The van der Waals surface area contributed by atoms with Gasteiger partial charge in [0.2, 0.25) is 0 Å². The molecule has 0 bridgehead atoms. The minimum Gasteiger partial charge on any atom is -0.337 e. The topological polar surface area (TPSA) is 38.1 Å². The highest BCUT2D eigenvalue weighted by Gasteiger charge is 2.33.